The monoisotopic (exact) mass is 266 g/mol. The van der Waals surface area contributed by atoms with Gasteiger partial charge in [-0.2, -0.15) is 5.26 Å². The lowest BCUT2D eigenvalue weighted by molar-refractivity contribution is 1.13. The van der Waals surface area contributed by atoms with Gasteiger partial charge in [0.1, 0.15) is 0 Å². The summed E-state index contributed by atoms with van der Waals surface area (Å²) in [6.45, 7) is 0. The molecule has 2 rings (SSSR count). The average Bonchev–Trinajstić information content (AvgIpc) is 2.43. The Balaban J connectivity index is 2.24. The number of nitrogen functional groups attached to an aromatic ring is 1. The van der Waals surface area contributed by atoms with Gasteiger partial charge >= 0.3 is 0 Å². The minimum atomic E-state index is 0.319. The maximum Gasteiger partial charge on any atom is 0.0670 e. The topological polar surface area (TPSA) is 65.1 Å². The van der Waals surface area contributed by atoms with E-state index in [4.69, 9.17) is 11.0 Å². The molecule has 0 saturated carbocycles. The number of nitrogens with one attached hydrogen (secondary N) is 1. The zero-order valence-corrected chi connectivity index (χ0v) is 11.7. The van der Waals surface area contributed by atoms with Crippen molar-refractivity contribution in [3.8, 4) is 6.07 Å². The SMILES string of the molecule is CN(C)c1cccc(Nc2ccc(N)c(CC#N)c2)c1. The van der Waals surface area contributed by atoms with Gasteiger partial charge in [-0.3, -0.25) is 0 Å². The number of nitrogens with two attached hydrogens (primary N) is 1. The van der Waals surface area contributed by atoms with E-state index in [0.717, 1.165) is 22.6 Å². The van der Waals surface area contributed by atoms with E-state index >= 15 is 0 Å². The number of nitrogens with zero attached hydrogens (tertiary/aromatic N) is 2. The molecular formula is C16H18N4. The molecule has 0 unspecified atom stereocenters. The van der Waals surface area contributed by atoms with Crippen LogP contribution in [0.4, 0.5) is 22.7 Å². The lowest BCUT2D eigenvalue weighted by Crippen LogP contribution is -2.08. The predicted octanol–water partition coefficient (Wildman–Crippen LogP) is 3.14. The minimum absolute atomic E-state index is 0.319. The minimum Gasteiger partial charge on any atom is -0.398 e. The van der Waals surface area contributed by atoms with Gasteiger partial charge in [0.05, 0.1) is 12.5 Å². The molecular weight excluding hydrogens is 248 g/mol. The normalized spacial score (nSPS) is 9.85. The summed E-state index contributed by atoms with van der Waals surface area (Å²) in [7, 11) is 4.01. The van der Waals surface area contributed by atoms with E-state index in [1.165, 1.54) is 0 Å². The fourth-order valence-corrected chi connectivity index (χ4v) is 1.95. The molecule has 0 aliphatic rings. The quantitative estimate of drug-likeness (QED) is 0.834. The second-order valence-corrected chi connectivity index (χ2v) is 4.82. The third kappa shape index (κ3) is 3.21. The van der Waals surface area contributed by atoms with Gasteiger partial charge in [-0.05, 0) is 42.0 Å². The van der Waals surface area contributed by atoms with Gasteiger partial charge in [0, 0.05) is 36.8 Å². The summed E-state index contributed by atoms with van der Waals surface area (Å²) in [5, 5.41) is 12.1. The Morgan fingerprint density at radius 3 is 2.60 bits per heavy atom. The van der Waals surface area contributed by atoms with Crippen LogP contribution >= 0.6 is 0 Å². The van der Waals surface area contributed by atoms with Gasteiger partial charge in [-0.25, -0.2) is 0 Å². The molecule has 0 radical (unpaired) electrons. The van der Waals surface area contributed by atoms with Gasteiger partial charge < -0.3 is 16.0 Å². The number of nitriles is 1. The van der Waals surface area contributed by atoms with Crippen LogP contribution in [0.25, 0.3) is 0 Å². The largest absolute Gasteiger partial charge is 0.398 e. The standard InChI is InChI=1S/C16H18N4/c1-20(2)15-5-3-4-13(11-15)19-14-6-7-16(18)12(10-14)8-9-17/h3-7,10-11,19H,8,18H2,1-2H3. The Hall–Kier alpha value is -2.67. The second-order valence-electron chi connectivity index (χ2n) is 4.82. The maximum atomic E-state index is 8.79. The number of rotatable bonds is 4. The molecule has 3 N–H and O–H groups in total. The van der Waals surface area contributed by atoms with Gasteiger partial charge in [-0.15, -0.1) is 0 Å². The van der Waals surface area contributed by atoms with Crippen molar-refractivity contribution in [3.05, 3.63) is 48.0 Å². The molecule has 0 aliphatic heterocycles. The van der Waals surface area contributed by atoms with Crippen molar-refractivity contribution in [2.24, 2.45) is 0 Å². The fourth-order valence-electron chi connectivity index (χ4n) is 1.95. The molecule has 0 atom stereocenters. The molecule has 2 aromatic carbocycles. The molecule has 2 aromatic rings. The van der Waals surface area contributed by atoms with Crippen LogP contribution in [0.2, 0.25) is 0 Å². The highest BCUT2D eigenvalue weighted by Gasteiger charge is 2.02. The van der Waals surface area contributed by atoms with Crippen LogP contribution in [0.3, 0.4) is 0 Å². The molecule has 0 amide bonds. The van der Waals surface area contributed by atoms with Crippen molar-refractivity contribution in [1.29, 1.82) is 5.26 Å². The Kier molecular flexibility index (Phi) is 4.11. The van der Waals surface area contributed by atoms with E-state index in [9.17, 15) is 0 Å². The molecule has 0 bridgehead atoms. The predicted molar refractivity (Wildman–Crippen MR) is 84.2 cm³/mol. The molecule has 20 heavy (non-hydrogen) atoms. The lowest BCUT2D eigenvalue weighted by Gasteiger charge is -2.15. The number of anilines is 4. The third-order valence-corrected chi connectivity index (χ3v) is 3.06. The van der Waals surface area contributed by atoms with Crippen molar-refractivity contribution in [1.82, 2.24) is 0 Å². The van der Waals surface area contributed by atoms with Crippen molar-refractivity contribution in [2.45, 2.75) is 6.42 Å². The van der Waals surface area contributed by atoms with Gasteiger partial charge in [-0.1, -0.05) is 6.07 Å². The van der Waals surface area contributed by atoms with Crippen molar-refractivity contribution in [3.63, 3.8) is 0 Å². The zero-order valence-electron chi connectivity index (χ0n) is 11.7. The Morgan fingerprint density at radius 1 is 1.15 bits per heavy atom. The highest BCUT2D eigenvalue weighted by Crippen LogP contribution is 2.24. The van der Waals surface area contributed by atoms with Crippen LogP contribution < -0.4 is 16.0 Å². The maximum absolute atomic E-state index is 8.79. The molecule has 0 aliphatic carbocycles. The summed E-state index contributed by atoms with van der Waals surface area (Å²) in [4.78, 5) is 2.05. The van der Waals surface area contributed by atoms with E-state index in [1.54, 1.807) is 0 Å². The first kappa shape index (κ1) is 13.8. The summed E-state index contributed by atoms with van der Waals surface area (Å²) in [5.74, 6) is 0. The van der Waals surface area contributed by atoms with Crippen LogP contribution in [-0.2, 0) is 6.42 Å². The van der Waals surface area contributed by atoms with Gasteiger partial charge in [0.2, 0.25) is 0 Å². The van der Waals surface area contributed by atoms with Crippen LogP contribution in [0.5, 0.6) is 0 Å². The van der Waals surface area contributed by atoms with Gasteiger partial charge in [0.25, 0.3) is 0 Å². The molecule has 102 valence electrons. The number of hydrogen-bond donors (Lipinski definition) is 2. The van der Waals surface area contributed by atoms with Crippen molar-refractivity contribution < 1.29 is 0 Å². The van der Waals surface area contributed by atoms with E-state index in [0.29, 0.717) is 12.1 Å². The molecule has 0 heterocycles. The van der Waals surface area contributed by atoms with E-state index in [2.05, 4.69) is 28.4 Å². The second kappa shape index (κ2) is 5.98. The Morgan fingerprint density at radius 2 is 1.90 bits per heavy atom. The Bertz CT molecular complexity index is 641. The highest BCUT2D eigenvalue weighted by molar-refractivity contribution is 5.67. The first-order chi connectivity index (χ1) is 9.60. The van der Waals surface area contributed by atoms with Crippen molar-refractivity contribution in [2.75, 3.05) is 30.0 Å². The molecule has 0 fully saturated rings. The number of hydrogen-bond acceptors (Lipinski definition) is 4. The molecule has 4 heteroatoms. The summed E-state index contributed by atoms with van der Waals surface area (Å²) >= 11 is 0. The third-order valence-electron chi connectivity index (χ3n) is 3.06. The molecule has 0 spiro atoms. The van der Waals surface area contributed by atoms with Crippen LogP contribution in [0.15, 0.2) is 42.5 Å². The fraction of sp³-hybridized carbons (Fsp3) is 0.188. The first-order valence-electron chi connectivity index (χ1n) is 6.40. The van der Waals surface area contributed by atoms with Crippen LogP contribution in [0, 0.1) is 11.3 Å². The zero-order chi connectivity index (χ0) is 14.5. The first-order valence-corrected chi connectivity index (χ1v) is 6.40. The lowest BCUT2D eigenvalue weighted by atomic mass is 10.1. The average molecular weight is 266 g/mol. The molecule has 4 nitrogen and oxygen atoms in total. The van der Waals surface area contributed by atoms with E-state index < -0.39 is 0 Å². The summed E-state index contributed by atoms with van der Waals surface area (Å²) < 4.78 is 0. The van der Waals surface area contributed by atoms with Gasteiger partial charge in [0.15, 0.2) is 0 Å². The van der Waals surface area contributed by atoms with E-state index in [1.807, 2.05) is 44.4 Å². The molecule has 0 saturated heterocycles. The van der Waals surface area contributed by atoms with Crippen LogP contribution in [-0.4, -0.2) is 14.1 Å². The Labute approximate surface area is 119 Å². The summed E-state index contributed by atoms with van der Waals surface area (Å²) in [6.07, 6.45) is 0.319. The van der Waals surface area contributed by atoms with Crippen LogP contribution in [0.1, 0.15) is 5.56 Å². The summed E-state index contributed by atoms with van der Waals surface area (Å²) in [6, 6.07) is 15.9. The van der Waals surface area contributed by atoms with Crippen molar-refractivity contribution >= 4 is 22.7 Å². The molecule has 0 aromatic heterocycles. The smallest absolute Gasteiger partial charge is 0.0670 e. The number of benzene rings is 2. The van der Waals surface area contributed by atoms with E-state index in [-0.39, 0.29) is 0 Å². The highest BCUT2D eigenvalue weighted by atomic mass is 15.1. The summed E-state index contributed by atoms with van der Waals surface area (Å²) in [5.41, 5.74) is 10.4.